The van der Waals surface area contributed by atoms with Gasteiger partial charge in [0.2, 0.25) is 0 Å². The average Bonchev–Trinajstić information content (AvgIpc) is 2.21. The molecule has 0 radical (unpaired) electrons. The number of ether oxygens (including phenoxy) is 2. The molecule has 1 fully saturated rings. The molecule has 88 valence electrons. The highest BCUT2D eigenvalue weighted by Gasteiger charge is 2.42. The van der Waals surface area contributed by atoms with E-state index >= 15 is 0 Å². The number of hydrogen-bond donors (Lipinski definition) is 0. The van der Waals surface area contributed by atoms with Crippen LogP contribution in [0, 0.1) is 0 Å². The van der Waals surface area contributed by atoms with Gasteiger partial charge in [-0.15, -0.1) is 11.6 Å². The van der Waals surface area contributed by atoms with Crippen molar-refractivity contribution >= 4 is 39.1 Å². The highest BCUT2D eigenvalue weighted by atomic mass is 79.9. The molecule has 0 saturated heterocycles. The quantitative estimate of drug-likeness (QED) is 0.785. The summed E-state index contributed by atoms with van der Waals surface area (Å²) < 4.78 is 11.9. The maximum Gasteiger partial charge on any atom is 0.138 e. The van der Waals surface area contributed by atoms with Crippen LogP contribution in [-0.2, 0) is 4.74 Å². The maximum atomic E-state index is 6.05. The fraction of sp³-hybridized carbons (Fsp3) is 0.455. The van der Waals surface area contributed by atoms with Crippen LogP contribution < -0.4 is 4.74 Å². The first kappa shape index (κ1) is 12.5. The first-order valence-electron chi connectivity index (χ1n) is 4.90. The summed E-state index contributed by atoms with van der Waals surface area (Å²) in [4.78, 5) is 0. The summed E-state index contributed by atoms with van der Waals surface area (Å²) in [5, 5.41) is 0.617. The molecule has 2 nitrogen and oxygen atoms in total. The molecular formula is C11H11BrCl2O2. The zero-order valence-corrected chi connectivity index (χ0v) is 11.7. The fourth-order valence-corrected chi connectivity index (χ4v) is 2.83. The first-order valence-corrected chi connectivity index (χ1v) is 6.51. The molecule has 1 aromatic rings. The molecule has 3 atom stereocenters. The van der Waals surface area contributed by atoms with E-state index in [-0.39, 0.29) is 17.6 Å². The van der Waals surface area contributed by atoms with E-state index in [0.29, 0.717) is 10.8 Å². The average molecular weight is 326 g/mol. The van der Waals surface area contributed by atoms with Gasteiger partial charge in [-0.05, 0) is 18.2 Å². The molecule has 0 aromatic heterocycles. The van der Waals surface area contributed by atoms with Gasteiger partial charge in [0.25, 0.3) is 0 Å². The largest absolute Gasteiger partial charge is 0.486 e. The van der Waals surface area contributed by atoms with Crippen LogP contribution in [0.2, 0.25) is 5.02 Å². The third-order valence-electron chi connectivity index (χ3n) is 2.62. The number of methoxy groups -OCH3 is 1. The Labute approximate surface area is 113 Å². The van der Waals surface area contributed by atoms with Gasteiger partial charge in [0, 0.05) is 18.0 Å². The van der Waals surface area contributed by atoms with E-state index in [1.807, 2.05) is 12.1 Å². The Bertz CT molecular complexity index is 386. The molecule has 0 aliphatic heterocycles. The van der Waals surface area contributed by atoms with E-state index in [0.717, 1.165) is 10.9 Å². The summed E-state index contributed by atoms with van der Waals surface area (Å²) >= 11 is 15.4. The number of benzene rings is 1. The minimum Gasteiger partial charge on any atom is -0.486 e. The lowest BCUT2D eigenvalue weighted by Crippen LogP contribution is -2.52. The standard InChI is InChI=1S/C11H11BrCl2O2/c1-15-11-8(14)5-10(11)16-9-3-2-6(12)4-7(9)13/h2-4,8,10-11H,5H2,1H3. The predicted molar refractivity (Wildman–Crippen MR) is 68.6 cm³/mol. The van der Waals surface area contributed by atoms with Crippen LogP contribution in [0.4, 0.5) is 0 Å². The summed E-state index contributed by atoms with van der Waals surface area (Å²) in [6.07, 6.45) is 0.722. The number of hydrogen-bond acceptors (Lipinski definition) is 2. The van der Waals surface area contributed by atoms with Crippen LogP contribution in [0.3, 0.4) is 0 Å². The van der Waals surface area contributed by atoms with Crippen LogP contribution in [0.5, 0.6) is 5.75 Å². The van der Waals surface area contributed by atoms with Gasteiger partial charge in [0.15, 0.2) is 0 Å². The molecule has 1 saturated carbocycles. The summed E-state index contributed by atoms with van der Waals surface area (Å²) in [5.41, 5.74) is 0. The molecule has 0 bridgehead atoms. The Balaban J connectivity index is 2.04. The maximum absolute atomic E-state index is 6.05. The number of halogens is 3. The monoisotopic (exact) mass is 324 g/mol. The zero-order valence-electron chi connectivity index (χ0n) is 8.62. The molecule has 2 rings (SSSR count). The molecule has 0 N–H and O–H groups in total. The fourth-order valence-electron chi connectivity index (χ4n) is 1.68. The van der Waals surface area contributed by atoms with E-state index < -0.39 is 0 Å². The Morgan fingerprint density at radius 1 is 1.44 bits per heavy atom. The molecule has 1 aromatic carbocycles. The third-order valence-corrected chi connectivity index (χ3v) is 3.84. The lowest BCUT2D eigenvalue weighted by Gasteiger charge is -2.39. The Kier molecular flexibility index (Phi) is 4.01. The second-order valence-corrected chi connectivity index (χ2v) is 5.57. The van der Waals surface area contributed by atoms with E-state index in [9.17, 15) is 0 Å². The summed E-state index contributed by atoms with van der Waals surface area (Å²) in [7, 11) is 1.64. The van der Waals surface area contributed by atoms with Crippen molar-refractivity contribution in [3.8, 4) is 5.75 Å². The van der Waals surface area contributed by atoms with Gasteiger partial charge in [-0.3, -0.25) is 0 Å². The normalized spacial score (nSPS) is 28.6. The predicted octanol–water partition coefficient (Wildman–Crippen LogP) is 3.88. The van der Waals surface area contributed by atoms with Crippen LogP contribution in [-0.4, -0.2) is 24.7 Å². The molecule has 16 heavy (non-hydrogen) atoms. The van der Waals surface area contributed by atoms with Gasteiger partial charge in [-0.25, -0.2) is 0 Å². The van der Waals surface area contributed by atoms with E-state index in [4.69, 9.17) is 32.7 Å². The van der Waals surface area contributed by atoms with Crippen LogP contribution in [0.1, 0.15) is 6.42 Å². The van der Waals surface area contributed by atoms with Crippen molar-refractivity contribution in [3.05, 3.63) is 27.7 Å². The van der Waals surface area contributed by atoms with Crippen molar-refractivity contribution in [1.29, 1.82) is 0 Å². The SMILES string of the molecule is COC1C(Cl)CC1Oc1ccc(Br)cc1Cl. The summed E-state index contributed by atoms with van der Waals surface area (Å²) in [6.45, 7) is 0. The third kappa shape index (κ3) is 2.48. The molecule has 0 spiro atoms. The van der Waals surface area contributed by atoms with Gasteiger partial charge in [0.1, 0.15) is 18.0 Å². The summed E-state index contributed by atoms with van der Waals surface area (Å²) in [6, 6.07) is 5.52. The molecule has 1 aliphatic rings. The first-order chi connectivity index (χ1) is 7.61. The summed E-state index contributed by atoms with van der Waals surface area (Å²) in [5.74, 6) is 0.667. The van der Waals surface area contributed by atoms with Crippen molar-refractivity contribution in [1.82, 2.24) is 0 Å². The van der Waals surface area contributed by atoms with E-state index in [1.165, 1.54) is 0 Å². The second kappa shape index (κ2) is 5.13. The van der Waals surface area contributed by atoms with Crippen LogP contribution in [0.25, 0.3) is 0 Å². The number of rotatable bonds is 3. The van der Waals surface area contributed by atoms with Crippen molar-refractivity contribution in [2.75, 3.05) is 7.11 Å². The topological polar surface area (TPSA) is 18.5 Å². The molecule has 1 aliphatic carbocycles. The van der Waals surface area contributed by atoms with Crippen molar-refractivity contribution in [2.24, 2.45) is 0 Å². The lowest BCUT2D eigenvalue weighted by molar-refractivity contribution is -0.0583. The molecule has 0 amide bonds. The van der Waals surface area contributed by atoms with E-state index in [1.54, 1.807) is 13.2 Å². The Morgan fingerprint density at radius 2 is 2.19 bits per heavy atom. The van der Waals surface area contributed by atoms with Crippen molar-refractivity contribution < 1.29 is 9.47 Å². The highest BCUT2D eigenvalue weighted by molar-refractivity contribution is 9.10. The van der Waals surface area contributed by atoms with E-state index in [2.05, 4.69) is 15.9 Å². The highest BCUT2D eigenvalue weighted by Crippen LogP contribution is 2.35. The van der Waals surface area contributed by atoms with Crippen molar-refractivity contribution in [2.45, 2.75) is 24.0 Å². The van der Waals surface area contributed by atoms with Gasteiger partial charge in [-0.2, -0.15) is 0 Å². The van der Waals surface area contributed by atoms with Crippen molar-refractivity contribution in [3.63, 3.8) is 0 Å². The van der Waals surface area contributed by atoms with Gasteiger partial charge in [-0.1, -0.05) is 27.5 Å². The molecule has 3 unspecified atom stereocenters. The molecule has 5 heteroatoms. The van der Waals surface area contributed by atoms with Gasteiger partial charge >= 0.3 is 0 Å². The molecule has 0 heterocycles. The van der Waals surface area contributed by atoms with Gasteiger partial charge < -0.3 is 9.47 Å². The minimum atomic E-state index is -0.0543. The van der Waals surface area contributed by atoms with Gasteiger partial charge in [0.05, 0.1) is 10.4 Å². The Hall–Kier alpha value is 0.0400. The van der Waals surface area contributed by atoms with Crippen LogP contribution >= 0.6 is 39.1 Å². The zero-order chi connectivity index (χ0) is 11.7. The number of alkyl halides is 1. The second-order valence-electron chi connectivity index (χ2n) is 3.68. The minimum absolute atomic E-state index is 0.00817. The van der Waals surface area contributed by atoms with Crippen LogP contribution in [0.15, 0.2) is 22.7 Å². The lowest BCUT2D eigenvalue weighted by atomic mass is 9.91. The smallest absolute Gasteiger partial charge is 0.138 e. The Morgan fingerprint density at radius 3 is 2.75 bits per heavy atom. The molecular weight excluding hydrogens is 315 g/mol.